The van der Waals surface area contributed by atoms with Crippen molar-refractivity contribution in [3.8, 4) is 11.3 Å². The van der Waals surface area contributed by atoms with Gasteiger partial charge in [-0.15, -0.1) is 0 Å². The molecule has 0 spiro atoms. The number of anilines is 2. The predicted octanol–water partition coefficient (Wildman–Crippen LogP) is 1.21. The first-order chi connectivity index (χ1) is 13.6. The van der Waals surface area contributed by atoms with Crippen molar-refractivity contribution in [1.29, 1.82) is 0 Å². The normalized spacial score (nSPS) is 18.8. The van der Waals surface area contributed by atoms with Gasteiger partial charge in [0.25, 0.3) is 5.56 Å². The maximum Gasteiger partial charge on any atom is 0.267 e. The number of hydrogen-bond donors (Lipinski definition) is 1. The van der Waals surface area contributed by atoms with Crippen LogP contribution >= 0.6 is 0 Å². The van der Waals surface area contributed by atoms with Gasteiger partial charge in [0.05, 0.1) is 24.9 Å². The lowest BCUT2D eigenvalue weighted by Gasteiger charge is -2.21. The molecule has 1 aliphatic heterocycles. The summed E-state index contributed by atoms with van der Waals surface area (Å²) in [5, 5.41) is 7.94. The first-order valence-corrected chi connectivity index (χ1v) is 8.96. The maximum atomic E-state index is 12.5. The van der Waals surface area contributed by atoms with Crippen LogP contribution in [0.4, 0.5) is 11.6 Å². The molecule has 3 aromatic heterocycles. The van der Waals surface area contributed by atoms with Gasteiger partial charge in [0, 0.05) is 44.2 Å². The zero-order valence-electron chi connectivity index (χ0n) is 15.7. The molecule has 28 heavy (non-hydrogen) atoms. The van der Waals surface area contributed by atoms with E-state index in [0.717, 1.165) is 11.4 Å². The van der Waals surface area contributed by atoms with Crippen LogP contribution < -0.4 is 15.8 Å². The largest absolute Gasteiger partial charge is 0.377 e. The molecule has 1 fully saturated rings. The van der Waals surface area contributed by atoms with Crippen molar-refractivity contribution < 1.29 is 4.74 Å². The van der Waals surface area contributed by atoms with Crippen LogP contribution in [0.2, 0.25) is 0 Å². The molecule has 1 N–H and O–H groups in total. The van der Waals surface area contributed by atoms with Crippen LogP contribution in [-0.2, 0) is 4.74 Å². The van der Waals surface area contributed by atoms with Crippen LogP contribution in [0.15, 0.2) is 53.8 Å². The van der Waals surface area contributed by atoms with E-state index in [0.29, 0.717) is 24.7 Å². The highest BCUT2D eigenvalue weighted by Gasteiger charge is 2.32. The van der Waals surface area contributed by atoms with E-state index in [1.807, 2.05) is 37.2 Å². The molecule has 9 heteroatoms. The van der Waals surface area contributed by atoms with Crippen molar-refractivity contribution in [2.24, 2.45) is 0 Å². The molecule has 9 nitrogen and oxygen atoms in total. The number of ether oxygens (including phenoxy) is 1. The first kappa shape index (κ1) is 18.1. The van der Waals surface area contributed by atoms with Gasteiger partial charge in [0.2, 0.25) is 0 Å². The molecular weight excluding hydrogens is 358 g/mol. The van der Waals surface area contributed by atoms with Gasteiger partial charge in [-0.1, -0.05) is 0 Å². The summed E-state index contributed by atoms with van der Waals surface area (Å²) in [5.41, 5.74) is 1.44. The fourth-order valence-electron chi connectivity index (χ4n) is 3.12. The van der Waals surface area contributed by atoms with E-state index >= 15 is 0 Å². The van der Waals surface area contributed by atoms with Crippen LogP contribution in [0.5, 0.6) is 0 Å². The number of rotatable bonds is 5. The van der Waals surface area contributed by atoms with Gasteiger partial charge in [-0.25, -0.2) is 14.6 Å². The van der Waals surface area contributed by atoms with E-state index in [2.05, 4.69) is 25.4 Å². The van der Waals surface area contributed by atoms with E-state index in [1.165, 1.54) is 17.1 Å². The summed E-state index contributed by atoms with van der Waals surface area (Å²) in [5.74, 6) is 1.47. The lowest BCUT2D eigenvalue weighted by Crippen LogP contribution is -2.37. The Labute approximate surface area is 162 Å². The Morgan fingerprint density at radius 2 is 1.96 bits per heavy atom. The number of nitrogens with zero attached hydrogens (tertiary/aromatic N) is 6. The monoisotopic (exact) mass is 379 g/mol. The van der Waals surface area contributed by atoms with Gasteiger partial charge in [0.1, 0.15) is 24.0 Å². The van der Waals surface area contributed by atoms with Crippen molar-refractivity contribution in [2.75, 3.05) is 37.5 Å². The van der Waals surface area contributed by atoms with Crippen LogP contribution in [0.1, 0.15) is 6.04 Å². The van der Waals surface area contributed by atoms with Crippen molar-refractivity contribution in [3.63, 3.8) is 0 Å². The molecule has 0 saturated carbocycles. The molecular formula is C19H21N7O2. The van der Waals surface area contributed by atoms with Crippen molar-refractivity contribution in [3.05, 3.63) is 59.4 Å². The van der Waals surface area contributed by atoms with Gasteiger partial charge in [-0.05, 0) is 18.2 Å². The molecule has 2 atom stereocenters. The molecule has 0 radical (unpaired) electrons. The molecule has 2 unspecified atom stereocenters. The van der Waals surface area contributed by atoms with E-state index in [1.54, 1.807) is 18.5 Å². The highest BCUT2D eigenvalue weighted by atomic mass is 16.5. The Kier molecular flexibility index (Phi) is 4.98. The summed E-state index contributed by atoms with van der Waals surface area (Å²) < 4.78 is 7.14. The molecule has 1 saturated heterocycles. The van der Waals surface area contributed by atoms with E-state index in [4.69, 9.17) is 4.74 Å². The fraction of sp³-hybridized carbons (Fsp3) is 0.316. The van der Waals surface area contributed by atoms with E-state index < -0.39 is 0 Å². The molecule has 4 heterocycles. The van der Waals surface area contributed by atoms with Crippen LogP contribution in [-0.4, -0.2) is 58.1 Å². The highest BCUT2D eigenvalue weighted by molar-refractivity contribution is 5.57. The lowest BCUT2D eigenvalue weighted by molar-refractivity contribution is 0.183. The average molecular weight is 379 g/mol. The van der Waals surface area contributed by atoms with E-state index in [-0.39, 0.29) is 17.6 Å². The molecule has 0 bridgehead atoms. The standard InChI is InChI=1S/C19H21N7O2/c1-25(2)18-9-17(21-12-22-18)23-15-10-28-11-16(15)26-19(27)4-3-14(24-26)13-5-7-20-8-6-13/h3-9,12,15-16H,10-11H2,1-2H3,(H,21,22,23). The third-order valence-corrected chi connectivity index (χ3v) is 4.61. The summed E-state index contributed by atoms with van der Waals surface area (Å²) >= 11 is 0. The number of nitrogens with one attached hydrogen (secondary N) is 1. The Morgan fingerprint density at radius 3 is 2.75 bits per heavy atom. The van der Waals surface area contributed by atoms with Gasteiger partial charge in [0.15, 0.2) is 0 Å². The molecule has 4 rings (SSSR count). The summed E-state index contributed by atoms with van der Waals surface area (Å²) in [4.78, 5) is 26.9. The third-order valence-electron chi connectivity index (χ3n) is 4.61. The molecule has 1 aliphatic rings. The zero-order chi connectivity index (χ0) is 19.5. The molecule has 0 amide bonds. The van der Waals surface area contributed by atoms with Crippen molar-refractivity contribution in [1.82, 2.24) is 24.7 Å². The Balaban J connectivity index is 1.62. The number of hydrogen-bond acceptors (Lipinski definition) is 8. The Bertz CT molecular complexity index is 1010. The molecule has 144 valence electrons. The third kappa shape index (κ3) is 3.70. The first-order valence-electron chi connectivity index (χ1n) is 8.96. The highest BCUT2D eigenvalue weighted by Crippen LogP contribution is 2.23. The van der Waals surface area contributed by atoms with Gasteiger partial charge in [-0.2, -0.15) is 5.10 Å². The molecule has 0 aromatic carbocycles. The quantitative estimate of drug-likeness (QED) is 0.706. The summed E-state index contributed by atoms with van der Waals surface area (Å²) in [6.45, 7) is 0.857. The topological polar surface area (TPSA) is 98.1 Å². The summed E-state index contributed by atoms with van der Waals surface area (Å²) in [6, 6.07) is 8.46. The number of aromatic nitrogens is 5. The smallest absolute Gasteiger partial charge is 0.267 e. The van der Waals surface area contributed by atoms with Crippen LogP contribution in [0.3, 0.4) is 0 Å². The zero-order valence-corrected chi connectivity index (χ0v) is 15.7. The van der Waals surface area contributed by atoms with E-state index in [9.17, 15) is 4.79 Å². The minimum atomic E-state index is -0.243. The predicted molar refractivity (Wildman–Crippen MR) is 105 cm³/mol. The lowest BCUT2D eigenvalue weighted by atomic mass is 10.1. The number of pyridine rings is 1. The second-order valence-corrected chi connectivity index (χ2v) is 6.75. The summed E-state index contributed by atoms with van der Waals surface area (Å²) in [7, 11) is 3.84. The molecule has 3 aromatic rings. The average Bonchev–Trinajstić information content (AvgIpc) is 3.17. The van der Waals surface area contributed by atoms with Gasteiger partial charge < -0.3 is 15.0 Å². The second kappa shape index (κ2) is 7.73. The van der Waals surface area contributed by atoms with Crippen LogP contribution in [0, 0.1) is 0 Å². The summed E-state index contributed by atoms with van der Waals surface area (Å²) in [6.07, 6.45) is 4.91. The minimum absolute atomic E-state index is 0.136. The van der Waals surface area contributed by atoms with Gasteiger partial charge >= 0.3 is 0 Å². The van der Waals surface area contributed by atoms with Gasteiger partial charge in [-0.3, -0.25) is 9.78 Å². The Morgan fingerprint density at radius 1 is 1.14 bits per heavy atom. The van der Waals surface area contributed by atoms with Crippen molar-refractivity contribution in [2.45, 2.75) is 12.1 Å². The minimum Gasteiger partial charge on any atom is -0.377 e. The fourth-order valence-corrected chi connectivity index (χ4v) is 3.12. The second-order valence-electron chi connectivity index (χ2n) is 6.75. The van der Waals surface area contributed by atoms with Crippen molar-refractivity contribution >= 4 is 11.6 Å². The van der Waals surface area contributed by atoms with Crippen LogP contribution in [0.25, 0.3) is 11.3 Å². The molecule has 0 aliphatic carbocycles. The maximum absolute atomic E-state index is 12.5. The SMILES string of the molecule is CN(C)c1cc(NC2COCC2n2nc(-c3ccncc3)ccc2=O)ncn1. The Hall–Kier alpha value is -3.33.